The zero-order valence-corrected chi connectivity index (χ0v) is 15.2. The van der Waals surface area contributed by atoms with Crippen LogP contribution in [0.4, 0.5) is 0 Å². The molecule has 1 aliphatic heterocycles. The quantitative estimate of drug-likeness (QED) is 0.650. The summed E-state index contributed by atoms with van der Waals surface area (Å²) in [6.45, 7) is 5.63. The van der Waals surface area contributed by atoms with Crippen molar-refractivity contribution in [3.05, 3.63) is 70.9 Å². The normalized spacial score (nSPS) is 13.7. The molecule has 0 aliphatic carbocycles. The van der Waals surface area contributed by atoms with Crippen LogP contribution in [0.5, 0.6) is 0 Å². The van der Waals surface area contributed by atoms with E-state index in [0.717, 1.165) is 13.0 Å². The second-order valence-corrected chi connectivity index (χ2v) is 6.93. The van der Waals surface area contributed by atoms with Gasteiger partial charge in [-0.2, -0.15) is 0 Å². The van der Waals surface area contributed by atoms with Gasteiger partial charge in [0.15, 0.2) is 0 Å². The lowest BCUT2D eigenvalue weighted by atomic mass is 10.1. The fraction of sp³-hybridized carbons (Fsp3) is 0.273. The molecule has 0 spiro atoms. The van der Waals surface area contributed by atoms with Gasteiger partial charge < -0.3 is 4.57 Å². The first-order valence-corrected chi connectivity index (χ1v) is 9.13. The molecule has 4 rings (SSSR count). The van der Waals surface area contributed by atoms with Gasteiger partial charge in [-0.1, -0.05) is 30.7 Å². The van der Waals surface area contributed by atoms with Crippen LogP contribution < -0.4 is 0 Å². The van der Waals surface area contributed by atoms with Gasteiger partial charge in [-0.3, -0.25) is 14.5 Å². The van der Waals surface area contributed by atoms with Crippen molar-refractivity contribution in [2.24, 2.45) is 0 Å². The molecule has 0 unspecified atom stereocenters. The summed E-state index contributed by atoms with van der Waals surface area (Å²) in [4.78, 5) is 26.5. The van der Waals surface area contributed by atoms with Crippen LogP contribution in [0.15, 0.2) is 48.7 Å². The van der Waals surface area contributed by atoms with Crippen LogP contribution in [0, 0.1) is 6.92 Å². The van der Waals surface area contributed by atoms with Crippen LogP contribution in [0.3, 0.4) is 0 Å². The van der Waals surface area contributed by atoms with Crippen molar-refractivity contribution in [3.8, 4) is 0 Å². The third-order valence-corrected chi connectivity index (χ3v) is 5.07. The van der Waals surface area contributed by atoms with Gasteiger partial charge in [0.25, 0.3) is 11.8 Å². The van der Waals surface area contributed by atoms with Crippen molar-refractivity contribution in [3.63, 3.8) is 0 Å². The van der Waals surface area contributed by atoms with E-state index in [0.29, 0.717) is 24.1 Å². The summed E-state index contributed by atoms with van der Waals surface area (Å²) < 4.78 is 2.27. The number of aromatic nitrogens is 1. The van der Waals surface area contributed by atoms with E-state index in [-0.39, 0.29) is 11.8 Å². The van der Waals surface area contributed by atoms with Gasteiger partial charge in [-0.05, 0) is 49.6 Å². The molecule has 0 saturated carbocycles. The van der Waals surface area contributed by atoms with Gasteiger partial charge in [0, 0.05) is 30.2 Å². The number of hydrogen-bond donors (Lipinski definition) is 0. The number of nitrogens with zero attached hydrogens (tertiary/aromatic N) is 2. The van der Waals surface area contributed by atoms with Crippen molar-refractivity contribution >= 4 is 22.7 Å². The number of carbonyl (C=O) groups is 2. The summed E-state index contributed by atoms with van der Waals surface area (Å²) in [7, 11) is 0. The maximum Gasteiger partial charge on any atom is 0.261 e. The van der Waals surface area contributed by atoms with Gasteiger partial charge >= 0.3 is 0 Å². The Bertz CT molecular complexity index is 981. The second-order valence-electron chi connectivity index (χ2n) is 6.93. The lowest BCUT2D eigenvalue weighted by molar-refractivity contribution is 0.0656. The summed E-state index contributed by atoms with van der Waals surface area (Å²) in [6, 6.07) is 13.5. The summed E-state index contributed by atoms with van der Waals surface area (Å²) in [5.74, 6) is -0.363. The highest BCUT2D eigenvalue weighted by molar-refractivity contribution is 6.21. The molecule has 132 valence electrons. The molecule has 4 nitrogen and oxygen atoms in total. The van der Waals surface area contributed by atoms with Gasteiger partial charge in [-0.15, -0.1) is 0 Å². The molecular weight excluding hydrogens is 324 g/mol. The molecule has 0 bridgehead atoms. The fourth-order valence-electron chi connectivity index (χ4n) is 3.78. The molecule has 3 aromatic rings. The first kappa shape index (κ1) is 16.6. The third kappa shape index (κ3) is 2.62. The Labute approximate surface area is 153 Å². The van der Waals surface area contributed by atoms with Crippen LogP contribution in [0.2, 0.25) is 0 Å². The molecule has 0 radical (unpaired) electrons. The Balaban J connectivity index is 1.62. The highest BCUT2D eigenvalue weighted by Crippen LogP contribution is 2.26. The highest BCUT2D eigenvalue weighted by atomic mass is 16.2. The van der Waals surface area contributed by atoms with E-state index < -0.39 is 0 Å². The number of benzene rings is 2. The molecule has 2 aromatic carbocycles. The second kappa shape index (κ2) is 6.45. The van der Waals surface area contributed by atoms with Gasteiger partial charge in [0.1, 0.15) is 0 Å². The molecule has 0 saturated heterocycles. The van der Waals surface area contributed by atoms with E-state index >= 15 is 0 Å². The summed E-state index contributed by atoms with van der Waals surface area (Å²) in [5.41, 5.74) is 4.65. The SMILES string of the molecule is CCCn1cc(CCN2C(=O)c3ccccc3C2=O)c2cc(C)ccc21. The largest absolute Gasteiger partial charge is 0.347 e. The summed E-state index contributed by atoms with van der Waals surface area (Å²) >= 11 is 0. The molecule has 26 heavy (non-hydrogen) atoms. The molecule has 1 aromatic heterocycles. The average Bonchev–Trinajstić information content (AvgIpc) is 3.10. The zero-order valence-electron chi connectivity index (χ0n) is 15.2. The molecule has 2 amide bonds. The predicted molar refractivity (Wildman–Crippen MR) is 102 cm³/mol. The lowest BCUT2D eigenvalue weighted by Crippen LogP contribution is -2.31. The van der Waals surface area contributed by atoms with Crippen molar-refractivity contribution in [1.29, 1.82) is 0 Å². The minimum atomic E-state index is -0.181. The average molecular weight is 346 g/mol. The fourth-order valence-corrected chi connectivity index (χ4v) is 3.78. The minimum absolute atomic E-state index is 0.181. The topological polar surface area (TPSA) is 42.3 Å². The van der Waals surface area contributed by atoms with Crippen LogP contribution in [-0.4, -0.2) is 27.8 Å². The van der Waals surface area contributed by atoms with Crippen molar-refractivity contribution in [2.75, 3.05) is 6.54 Å². The Hall–Kier alpha value is -2.88. The minimum Gasteiger partial charge on any atom is -0.347 e. The number of amides is 2. The maximum absolute atomic E-state index is 12.6. The monoisotopic (exact) mass is 346 g/mol. The van der Waals surface area contributed by atoms with E-state index in [4.69, 9.17) is 0 Å². The lowest BCUT2D eigenvalue weighted by Gasteiger charge is -2.13. The number of fused-ring (bicyclic) bond motifs is 2. The van der Waals surface area contributed by atoms with E-state index in [1.807, 2.05) is 0 Å². The van der Waals surface area contributed by atoms with E-state index in [1.165, 1.54) is 26.9 Å². The number of hydrogen-bond acceptors (Lipinski definition) is 2. The molecule has 1 aliphatic rings. The van der Waals surface area contributed by atoms with Crippen LogP contribution in [-0.2, 0) is 13.0 Å². The Morgan fingerprint density at radius 2 is 1.62 bits per heavy atom. The molecule has 4 heteroatoms. The Kier molecular flexibility index (Phi) is 4.11. The standard InChI is InChI=1S/C22H22N2O2/c1-3-11-23-14-16(19-13-15(2)8-9-20(19)23)10-12-24-21(25)17-6-4-5-7-18(17)22(24)26/h4-9,13-14H,3,10-12H2,1-2H3. The molecule has 0 atom stereocenters. The van der Waals surface area contributed by atoms with Crippen molar-refractivity contribution in [2.45, 2.75) is 33.2 Å². The van der Waals surface area contributed by atoms with E-state index in [9.17, 15) is 9.59 Å². The van der Waals surface area contributed by atoms with Gasteiger partial charge in [0.05, 0.1) is 11.1 Å². The Morgan fingerprint density at radius 1 is 0.923 bits per heavy atom. The first-order chi connectivity index (χ1) is 12.6. The number of aryl methyl sites for hydroxylation is 2. The highest BCUT2D eigenvalue weighted by Gasteiger charge is 2.34. The van der Waals surface area contributed by atoms with E-state index in [2.05, 4.69) is 42.8 Å². The molecular formula is C22H22N2O2. The van der Waals surface area contributed by atoms with E-state index in [1.54, 1.807) is 24.3 Å². The van der Waals surface area contributed by atoms with Crippen LogP contribution in [0.1, 0.15) is 45.2 Å². The van der Waals surface area contributed by atoms with Crippen molar-refractivity contribution in [1.82, 2.24) is 9.47 Å². The molecule has 2 heterocycles. The molecule has 0 fully saturated rings. The van der Waals surface area contributed by atoms with Crippen LogP contribution in [0.25, 0.3) is 10.9 Å². The van der Waals surface area contributed by atoms with Gasteiger partial charge in [-0.25, -0.2) is 0 Å². The number of imide groups is 1. The van der Waals surface area contributed by atoms with Gasteiger partial charge in [0.2, 0.25) is 0 Å². The smallest absolute Gasteiger partial charge is 0.261 e. The van der Waals surface area contributed by atoms with Crippen molar-refractivity contribution < 1.29 is 9.59 Å². The maximum atomic E-state index is 12.6. The summed E-state index contributed by atoms with van der Waals surface area (Å²) in [5, 5.41) is 1.22. The Morgan fingerprint density at radius 3 is 2.27 bits per heavy atom. The first-order valence-electron chi connectivity index (χ1n) is 9.13. The molecule has 0 N–H and O–H groups in total. The third-order valence-electron chi connectivity index (χ3n) is 5.07. The number of rotatable bonds is 5. The predicted octanol–water partition coefficient (Wildman–Crippen LogP) is 4.20. The summed E-state index contributed by atoms with van der Waals surface area (Å²) in [6.07, 6.45) is 3.91. The number of carbonyl (C=O) groups excluding carboxylic acids is 2. The zero-order chi connectivity index (χ0) is 18.3. The van der Waals surface area contributed by atoms with Crippen LogP contribution >= 0.6 is 0 Å².